The van der Waals surface area contributed by atoms with Gasteiger partial charge in [-0.1, -0.05) is 0 Å². The maximum absolute atomic E-state index is 5.11. The standard InChI is InChI=1S/2C5H11NS2.2C5H5.2Hg.Mo/c2*1-3-6(4-2)5(7)8;2*1-2-4-5-3-1;;;/h2*3-4H2,1-2H3,(H,7,8);2*1-5H;;;/q;;2*-1;2*+1;/p-2. The summed E-state index contributed by atoms with van der Waals surface area (Å²) in [5.74, 6) is 0. The zero-order chi connectivity index (χ0) is 21.6. The minimum Gasteiger partial charge on any atom is -0.214 e. The number of thiocarbonyl (C=S) groups is 2. The summed E-state index contributed by atoms with van der Waals surface area (Å²) < 4.78 is 2.17. The van der Waals surface area contributed by atoms with Gasteiger partial charge in [-0.25, -0.2) is 24.3 Å². The van der Waals surface area contributed by atoms with Crippen LogP contribution < -0.4 is 0 Å². The van der Waals surface area contributed by atoms with Crippen LogP contribution in [0.15, 0.2) is 60.7 Å². The Hall–Kier alpha value is 1.74. The van der Waals surface area contributed by atoms with Gasteiger partial charge in [0.1, 0.15) is 0 Å². The third kappa shape index (κ3) is 22.7. The van der Waals surface area contributed by atoms with E-state index in [1.54, 1.807) is 0 Å². The maximum Gasteiger partial charge on any atom is 0 e. The van der Waals surface area contributed by atoms with Crippen molar-refractivity contribution in [3.8, 4) is 0 Å². The molecule has 0 aliphatic rings. The Kier molecular flexibility index (Phi) is 33.8. The van der Waals surface area contributed by atoms with Crippen molar-refractivity contribution < 1.29 is 70.3 Å². The molecule has 0 radical (unpaired) electrons. The summed E-state index contributed by atoms with van der Waals surface area (Å²) in [5, 5.41) is 0. The first-order valence-electron chi connectivity index (χ1n) is 9.27. The van der Waals surface area contributed by atoms with Crippen molar-refractivity contribution in [2.24, 2.45) is 0 Å². The van der Waals surface area contributed by atoms with Gasteiger partial charge < -0.3 is 0 Å². The maximum atomic E-state index is 5.11. The van der Waals surface area contributed by atoms with E-state index in [2.05, 4.69) is 37.5 Å². The summed E-state index contributed by atoms with van der Waals surface area (Å²) in [6, 6.07) is 20.0. The summed E-state index contributed by atoms with van der Waals surface area (Å²) in [7, 11) is 3.67. The smallest absolute Gasteiger partial charge is 0 e. The second-order valence-corrected chi connectivity index (χ2v) is 14.5. The molecule has 2 aromatic carbocycles. The first-order valence-corrected chi connectivity index (χ1v) is 25.5. The van der Waals surface area contributed by atoms with Gasteiger partial charge in [0.2, 0.25) is 0 Å². The molecule has 2 nitrogen and oxygen atoms in total. The van der Waals surface area contributed by atoms with Gasteiger partial charge in [0.05, 0.1) is 0 Å². The van der Waals surface area contributed by atoms with E-state index < -0.39 is 0 Å². The predicted molar refractivity (Wildman–Crippen MR) is 130 cm³/mol. The van der Waals surface area contributed by atoms with Crippen LogP contribution in [0.5, 0.6) is 0 Å². The van der Waals surface area contributed by atoms with Crippen molar-refractivity contribution in [2.75, 3.05) is 26.2 Å². The summed E-state index contributed by atoms with van der Waals surface area (Å²) in [5.41, 5.74) is 0. The van der Waals surface area contributed by atoms with Crippen LogP contribution in [0.25, 0.3) is 0 Å². The molecule has 0 heterocycles. The normalized spacial score (nSPS) is 8.55. The SMILES string of the molecule is CCN(CC)C(=S)[S][Hg].CCN(CC)C(=S)[S][Hg].[Mo].c1cc[cH-]c1.c1cc[cH-]c1. The largest absolute Gasteiger partial charge is 0.214 e. The molecule has 0 aliphatic carbocycles. The van der Waals surface area contributed by atoms with E-state index in [0.717, 1.165) is 84.0 Å². The van der Waals surface area contributed by atoms with Crippen molar-refractivity contribution >= 4 is 49.6 Å². The van der Waals surface area contributed by atoms with Gasteiger partial charge in [0.15, 0.2) is 0 Å². The fourth-order valence-electron chi connectivity index (χ4n) is 1.79. The van der Waals surface area contributed by atoms with E-state index in [1.165, 1.54) is 0 Å². The second-order valence-electron chi connectivity index (χ2n) is 5.09. The Morgan fingerprint density at radius 3 is 1.00 bits per heavy atom. The minimum atomic E-state index is 0. The molecule has 29 heavy (non-hydrogen) atoms. The molecule has 0 fully saturated rings. The molecule has 0 unspecified atom stereocenters. The van der Waals surface area contributed by atoms with Crippen molar-refractivity contribution in [3.63, 3.8) is 0 Å². The van der Waals surface area contributed by atoms with Crippen LogP contribution in [0.1, 0.15) is 27.7 Å². The summed E-state index contributed by atoms with van der Waals surface area (Å²) in [6.45, 7) is 12.8. The van der Waals surface area contributed by atoms with Gasteiger partial charge in [-0.15, -0.1) is 0 Å². The molecule has 0 spiro atoms. The topological polar surface area (TPSA) is 6.48 Å². The number of rotatable bonds is 4. The first-order chi connectivity index (χ1) is 13.5. The van der Waals surface area contributed by atoms with Gasteiger partial charge >= 0.3 is 162 Å². The molecule has 0 atom stereocenters. The molecule has 0 aliphatic heterocycles. The van der Waals surface area contributed by atoms with Crippen molar-refractivity contribution in [1.29, 1.82) is 0 Å². The van der Waals surface area contributed by atoms with Crippen molar-refractivity contribution in [3.05, 3.63) is 60.7 Å². The number of hydrogen-bond donors (Lipinski definition) is 0. The van der Waals surface area contributed by atoms with E-state index in [0.29, 0.717) is 0 Å². The molecule has 0 saturated carbocycles. The second kappa shape index (κ2) is 27.8. The van der Waals surface area contributed by atoms with E-state index in [-0.39, 0.29) is 21.1 Å². The Morgan fingerprint density at radius 2 is 0.931 bits per heavy atom. The Balaban J connectivity index is -0.000000316. The summed E-state index contributed by atoms with van der Waals surface area (Å²) >= 11 is 11.7. The Labute approximate surface area is 240 Å². The Bertz CT molecular complexity index is 462. The summed E-state index contributed by atoms with van der Waals surface area (Å²) in [4.78, 5) is 4.43. The first kappa shape index (κ1) is 35.3. The quantitative estimate of drug-likeness (QED) is 0.197. The molecular formula is C20H30Hg2MoN2S4-2. The van der Waals surface area contributed by atoms with E-state index >= 15 is 0 Å². The van der Waals surface area contributed by atoms with Crippen LogP contribution in [-0.2, 0) is 70.3 Å². The van der Waals surface area contributed by atoms with Gasteiger partial charge in [-0.2, -0.15) is 36.4 Å². The minimum absolute atomic E-state index is 0. The van der Waals surface area contributed by atoms with E-state index in [9.17, 15) is 0 Å². The van der Waals surface area contributed by atoms with Crippen LogP contribution in [0, 0.1) is 0 Å². The number of nitrogens with zero attached hydrogens (tertiary/aromatic N) is 2. The molecule has 9 heteroatoms. The van der Waals surface area contributed by atoms with Crippen molar-refractivity contribution in [1.82, 2.24) is 9.80 Å². The Morgan fingerprint density at radius 1 is 0.690 bits per heavy atom. The van der Waals surface area contributed by atoms with E-state index in [4.69, 9.17) is 24.4 Å². The average molecular weight is 924 g/mol. The molecule has 0 amide bonds. The molecule has 2 aromatic rings. The fraction of sp³-hybridized carbons (Fsp3) is 0.400. The van der Waals surface area contributed by atoms with Gasteiger partial charge in [0, 0.05) is 21.1 Å². The number of hydrogen-bond acceptors (Lipinski definition) is 4. The molecule has 156 valence electrons. The van der Waals surface area contributed by atoms with Gasteiger partial charge in [0.25, 0.3) is 0 Å². The van der Waals surface area contributed by atoms with Gasteiger partial charge in [-0.3, -0.25) is 0 Å². The van der Waals surface area contributed by atoms with Crippen LogP contribution in [-0.4, -0.2) is 44.6 Å². The molecule has 0 bridgehead atoms. The molecule has 2 rings (SSSR count). The molecule has 0 saturated heterocycles. The molecule has 0 N–H and O–H groups in total. The van der Waals surface area contributed by atoms with Gasteiger partial charge in [-0.05, 0) is 0 Å². The third-order valence-electron chi connectivity index (χ3n) is 3.40. The summed E-state index contributed by atoms with van der Waals surface area (Å²) in [6.07, 6.45) is 0. The predicted octanol–water partition coefficient (Wildman–Crippen LogP) is 6.42. The monoisotopic (exact) mass is 928 g/mol. The zero-order valence-electron chi connectivity index (χ0n) is 18.0. The average Bonchev–Trinajstić information content (AvgIpc) is 3.48. The fourth-order valence-corrected chi connectivity index (χ4v) is 7.44. The van der Waals surface area contributed by atoms with E-state index in [1.807, 2.05) is 77.1 Å². The van der Waals surface area contributed by atoms with Crippen LogP contribution in [0.2, 0.25) is 0 Å². The van der Waals surface area contributed by atoms with Crippen molar-refractivity contribution in [2.45, 2.75) is 27.7 Å². The van der Waals surface area contributed by atoms with Crippen LogP contribution in [0.3, 0.4) is 0 Å². The molecular weight excluding hydrogens is 894 g/mol. The van der Waals surface area contributed by atoms with Crippen LogP contribution >= 0.6 is 40.9 Å². The zero-order valence-corrected chi connectivity index (χ0v) is 34.2. The molecule has 0 aromatic heterocycles. The third-order valence-corrected chi connectivity index (χ3v) is 16.9. The van der Waals surface area contributed by atoms with Crippen LogP contribution in [0.4, 0.5) is 0 Å².